The predicted molar refractivity (Wildman–Crippen MR) is 92.5 cm³/mol. The van der Waals surface area contributed by atoms with Crippen LogP contribution in [-0.4, -0.2) is 39.4 Å². The lowest BCUT2D eigenvalue weighted by molar-refractivity contribution is -0.120. The second-order valence-electron chi connectivity index (χ2n) is 5.45. The fourth-order valence-electron chi connectivity index (χ4n) is 1.81. The molecule has 9 heteroatoms. The van der Waals surface area contributed by atoms with Gasteiger partial charge in [-0.1, -0.05) is 18.5 Å². The van der Waals surface area contributed by atoms with E-state index in [4.69, 9.17) is 11.6 Å². The summed E-state index contributed by atoms with van der Waals surface area (Å²) < 4.78 is 26.8. The lowest BCUT2D eigenvalue weighted by atomic mass is 10.2. The van der Waals surface area contributed by atoms with Gasteiger partial charge in [-0.05, 0) is 38.5 Å². The number of sulfonamides is 1. The van der Waals surface area contributed by atoms with Crippen LogP contribution in [0.1, 0.15) is 37.6 Å². The number of carbonyl (C=O) groups excluding carboxylic acids is 2. The summed E-state index contributed by atoms with van der Waals surface area (Å²) in [7, 11) is -3.74. The van der Waals surface area contributed by atoms with Crippen molar-refractivity contribution < 1.29 is 18.0 Å². The highest BCUT2D eigenvalue weighted by molar-refractivity contribution is 7.89. The summed E-state index contributed by atoms with van der Waals surface area (Å²) in [6, 6.07) is 3.55. The van der Waals surface area contributed by atoms with E-state index in [-0.39, 0.29) is 34.0 Å². The highest BCUT2D eigenvalue weighted by atomic mass is 35.5. The van der Waals surface area contributed by atoms with Gasteiger partial charge in [0.2, 0.25) is 15.9 Å². The Morgan fingerprint density at radius 3 is 2.46 bits per heavy atom. The van der Waals surface area contributed by atoms with Gasteiger partial charge in [0.15, 0.2) is 0 Å². The summed E-state index contributed by atoms with van der Waals surface area (Å²) in [4.78, 5) is 23.6. The van der Waals surface area contributed by atoms with Crippen LogP contribution in [0.4, 0.5) is 0 Å². The highest BCUT2D eigenvalue weighted by Gasteiger charge is 2.19. The SMILES string of the molecule is CCCNC(=O)CNC(=O)c1cc(S(=O)(=O)NC(C)C)ccc1Cl. The molecule has 2 amide bonds. The number of nitrogens with one attached hydrogen (secondary N) is 3. The van der Waals surface area contributed by atoms with Crippen molar-refractivity contribution in [2.45, 2.75) is 38.1 Å². The van der Waals surface area contributed by atoms with E-state index < -0.39 is 15.9 Å². The minimum atomic E-state index is -3.74. The number of hydrogen-bond donors (Lipinski definition) is 3. The van der Waals surface area contributed by atoms with Gasteiger partial charge < -0.3 is 10.6 Å². The summed E-state index contributed by atoms with van der Waals surface area (Å²) in [5.74, 6) is -0.945. The molecule has 0 atom stereocenters. The first-order valence-corrected chi connectivity index (χ1v) is 9.40. The van der Waals surface area contributed by atoms with Gasteiger partial charge in [0.1, 0.15) is 0 Å². The molecule has 7 nitrogen and oxygen atoms in total. The Hall–Kier alpha value is -1.64. The molecule has 0 saturated carbocycles. The van der Waals surface area contributed by atoms with Crippen molar-refractivity contribution >= 4 is 33.4 Å². The third kappa shape index (κ3) is 6.10. The van der Waals surface area contributed by atoms with E-state index in [9.17, 15) is 18.0 Å². The number of benzene rings is 1. The van der Waals surface area contributed by atoms with Crippen molar-refractivity contribution in [2.75, 3.05) is 13.1 Å². The van der Waals surface area contributed by atoms with E-state index in [1.165, 1.54) is 18.2 Å². The van der Waals surface area contributed by atoms with Gasteiger partial charge in [0.05, 0.1) is 22.0 Å². The van der Waals surface area contributed by atoms with Crippen LogP contribution in [0.3, 0.4) is 0 Å². The van der Waals surface area contributed by atoms with Gasteiger partial charge in [-0.15, -0.1) is 0 Å². The first-order valence-electron chi connectivity index (χ1n) is 7.54. The first kappa shape index (κ1) is 20.4. The Kier molecular flexibility index (Phi) is 7.65. The summed E-state index contributed by atoms with van der Waals surface area (Å²) in [5.41, 5.74) is -0.00779. The molecule has 0 aliphatic rings. The van der Waals surface area contributed by atoms with Gasteiger partial charge in [-0.25, -0.2) is 13.1 Å². The molecule has 1 aromatic carbocycles. The molecule has 3 N–H and O–H groups in total. The van der Waals surface area contributed by atoms with Gasteiger partial charge >= 0.3 is 0 Å². The molecule has 0 heterocycles. The second kappa shape index (κ2) is 9.00. The van der Waals surface area contributed by atoms with Crippen LogP contribution in [0.25, 0.3) is 0 Å². The topological polar surface area (TPSA) is 104 Å². The lowest BCUT2D eigenvalue weighted by Gasteiger charge is -2.12. The predicted octanol–water partition coefficient (Wildman–Crippen LogP) is 1.28. The Morgan fingerprint density at radius 2 is 1.88 bits per heavy atom. The summed E-state index contributed by atoms with van der Waals surface area (Å²) >= 11 is 5.97. The van der Waals surface area contributed by atoms with Crippen LogP contribution >= 0.6 is 11.6 Å². The standard InChI is InChI=1S/C15H22ClN3O4S/c1-4-7-17-14(20)9-18-15(21)12-8-11(5-6-13(12)16)24(22,23)19-10(2)3/h5-6,8,10,19H,4,7,9H2,1-3H3,(H,17,20)(H,18,21). The largest absolute Gasteiger partial charge is 0.355 e. The molecule has 24 heavy (non-hydrogen) atoms. The maximum Gasteiger partial charge on any atom is 0.253 e. The van der Waals surface area contributed by atoms with Crippen LogP contribution in [0, 0.1) is 0 Å². The molecule has 0 aromatic heterocycles. The molecule has 0 unspecified atom stereocenters. The molecule has 0 radical (unpaired) electrons. The number of halogens is 1. The molecular formula is C15H22ClN3O4S. The van der Waals surface area contributed by atoms with Crippen LogP contribution in [0.5, 0.6) is 0 Å². The zero-order valence-corrected chi connectivity index (χ0v) is 15.4. The zero-order chi connectivity index (χ0) is 18.3. The second-order valence-corrected chi connectivity index (χ2v) is 7.57. The minimum absolute atomic E-state index is 0.00779. The average Bonchev–Trinajstić information content (AvgIpc) is 2.49. The fraction of sp³-hybridized carbons (Fsp3) is 0.467. The van der Waals surface area contributed by atoms with Crippen molar-refractivity contribution in [1.82, 2.24) is 15.4 Å². The van der Waals surface area contributed by atoms with Crippen LogP contribution in [0.15, 0.2) is 23.1 Å². The molecular weight excluding hydrogens is 354 g/mol. The Bertz CT molecular complexity index is 705. The smallest absolute Gasteiger partial charge is 0.253 e. The molecule has 0 aliphatic carbocycles. The highest BCUT2D eigenvalue weighted by Crippen LogP contribution is 2.20. The average molecular weight is 376 g/mol. The van der Waals surface area contributed by atoms with Crippen molar-refractivity contribution in [1.29, 1.82) is 0 Å². The number of carbonyl (C=O) groups is 2. The molecule has 1 aromatic rings. The molecule has 134 valence electrons. The Labute approximate surface area is 147 Å². The molecule has 0 aliphatic heterocycles. The Balaban J connectivity index is 2.90. The van der Waals surface area contributed by atoms with Gasteiger partial charge in [-0.2, -0.15) is 0 Å². The van der Waals surface area contributed by atoms with E-state index in [0.717, 1.165) is 6.42 Å². The maximum atomic E-state index is 12.2. The fourth-order valence-corrected chi connectivity index (χ4v) is 3.29. The van der Waals surface area contributed by atoms with Gasteiger partial charge in [0, 0.05) is 12.6 Å². The van der Waals surface area contributed by atoms with Crippen LogP contribution < -0.4 is 15.4 Å². The van der Waals surface area contributed by atoms with E-state index in [1.54, 1.807) is 13.8 Å². The summed E-state index contributed by atoms with van der Waals surface area (Å²) in [6.07, 6.45) is 0.786. The third-order valence-corrected chi connectivity index (χ3v) is 4.85. The molecule has 1 rings (SSSR count). The lowest BCUT2D eigenvalue weighted by Crippen LogP contribution is -2.37. The van der Waals surface area contributed by atoms with E-state index >= 15 is 0 Å². The number of amides is 2. The molecule has 0 spiro atoms. The van der Waals surface area contributed by atoms with E-state index in [0.29, 0.717) is 6.54 Å². The van der Waals surface area contributed by atoms with E-state index in [2.05, 4.69) is 15.4 Å². The number of hydrogen-bond acceptors (Lipinski definition) is 4. The first-order chi connectivity index (χ1) is 11.2. The quantitative estimate of drug-likeness (QED) is 0.636. The summed E-state index contributed by atoms with van der Waals surface area (Å²) in [5, 5.41) is 5.14. The molecule has 0 saturated heterocycles. The maximum absolute atomic E-state index is 12.2. The van der Waals surface area contributed by atoms with Crippen molar-refractivity contribution in [3.63, 3.8) is 0 Å². The molecule has 0 bridgehead atoms. The Morgan fingerprint density at radius 1 is 1.21 bits per heavy atom. The summed E-state index contributed by atoms with van der Waals surface area (Å²) in [6.45, 7) is 5.60. The van der Waals surface area contributed by atoms with Gasteiger partial charge in [-0.3, -0.25) is 9.59 Å². The number of rotatable bonds is 8. The third-order valence-electron chi connectivity index (χ3n) is 2.87. The van der Waals surface area contributed by atoms with Crippen LogP contribution in [-0.2, 0) is 14.8 Å². The van der Waals surface area contributed by atoms with Crippen molar-refractivity contribution in [3.8, 4) is 0 Å². The van der Waals surface area contributed by atoms with Crippen LogP contribution in [0.2, 0.25) is 5.02 Å². The zero-order valence-electron chi connectivity index (χ0n) is 13.8. The molecule has 0 fully saturated rings. The monoisotopic (exact) mass is 375 g/mol. The van der Waals surface area contributed by atoms with Crippen molar-refractivity contribution in [2.24, 2.45) is 0 Å². The van der Waals surface area contributed by atoms with Gasteiger partial charge in [0.25, 0.3) is 5.91 Å². The van der Waals surface area contributed by atoms with Crippen molar-refractivity contribution in [3.05, 3.63) is 28.8 Å². The minimum Gasteiger partial charge on any atom is -0.355 e. The van der Waals surface area contributed by atoms with E-state index in [1.807, 2.05) is 6.92 Å². The normalized spacial score (nSPS) is 11.4.